The molecule has 2 aliphatic rings. The van der Waals surface area contributed by atoms with Gasteiger partial charge in [0.05, 0.1) is 0 Å². The van der Waals surface area contributed by atoms with Gasteiger partial charge in [-0.2, -0.15) is 0 Å². The first kappa shape index (κ1) is 17.0. The molecule has 26 heavy (non-hydrogen) atoms. The fraction of sp³-hybridized carbons (Fsp3) is 0.238. The zero-order valence-electron chi connectivity index (χ0n) is 14.0. The summed E-state index contributed by atoms with van der Waals surface area (Å²) in [5.41, 5.74) is 2.81. The SMILES string of the molecule is O=C1CCCC2=C1[C@@H](c1ccccc1Cl)CC(=O)N2c1ccc(F)cc1. The number of hydrogen-bond donors (Lipinski definition) is 0. The van der Waals surface area contributed by atoms with Crippen molar-refractivity contribution in [3.05, 3.63) is 76.2 Å². The predicted molar refractivity (Wildman–Crippen MR) is 98.6 cm³/mol. The Hall–Kier alpha value is -2.46. The van der Waals surface area contributed by atoms with Crippen LogP contribution in [-0.4, -0.2) is 11.7 Å². The Bertz CT molecular complexity index is 920. The number of rotatable bonds is 2. The van der Waals surface area contributed by atoms with Crippen LogP contribution in [0.5, 0.6) is 0 Å². The van der Waals surface area contributed by atoms with Crippen molar-refractivity contribution in [2.75, 3.05) is 4.90 Å². The average molecular weight is 370 g/mol. The molecule has 0 radical (unpaired) electrons. The summed E-state index contributed by atoms with van der Waals surface area (Å²) in [6, 6.07) is 13.2. The van der Waals surface area contributed by atoms with Gasteiger partial charge in [-0.1, -0.05) is 29.8 Å². The van der Waals surface area contributed by atoms with E-state index in [1.807, 2.05) is 18.2 Å². The van der Waals surface area contributed by atoms with Crippen LogP contribution in [0.25, 0.3) is 0 Å². The van der Waals surface area contributed by atoms with E-state index in [1.165, 1.54) is 12.1 Å². The topological polar surface area (TPSA) is 37.4 Å². The van der Waals surface area contributed by atoms with Gasteiger partial charge in [-0.3, -0.25) is 14.5 Å². The minimum Gasteiger partial charge on any atom is -0.294 e. The number of carbonyl (C=O) groups excluding carboxylic acids is 2. The maximum Gasteiger partial charge on any atom is 0.232 e. The van der Waals surface area contributed by atoms with Crippen molar-refractivity contribution in [3.8, 4) is 0 Å². The second-order valence-corrected chi connectivity index (χ2v) is 7.03. The van der Waals surface area contributed by atoms with E-state index in [-0.39, 0.29) is 29.8 Å². The van der Waals surface area contributed by atoms with Crippen LogP contribution in [0.15, 0.2) is 59.8 Å². The molecular weight excluding hydrogens is 353 g/mol. The Morgan fingerprint density at radius 1 is 1.00 bits per heavy atom. The fourth-order valence-corrected chi connectivity index (χ4v) is 4.17. The number of halogens is 2. The highest BCUT2D eigenvalue weighted by Crippen LogP contribution is 2.44. The number of benzene rings is 2. The number of amides is 1. The number of Topliss-reactive ketones (excluding diaryl/α,β-unsaturated/α-hetero) is 1. The van der Waals surface area contributed by atoms with Gasteiger partial charge in [-0.05, 0) is 48.7 Å². The second-order valence-electron chi connectivity index (χ2n) is 6.62. The molecule has 0 unspecified atom stereocenters. The molecule has 1 aliphatic heterocycles. The fourth-order valence-electron chi connectivity index (χ4n) is 3.91. The maximum absolute atomic E-state index is 13.3. The summed E-state index contributed by atoms with van der Waals surface area (Å²) in [4.78, 5) is 27.3. The molecule has 132 valence electrons. The lowest BCUT2D eigenvalue weighted by Gasteiger charge is -2.38. The lowest BCUT2D eigenvalue weighted by atomic mass is 9.77. The number of anilines is 1. The minimum absolute atomic E-state index is 0.0655. The molecule has 5 heteroatoms. The smallest absolute Gasteiger partial charge is 0.232 e. The number of allylic oxidation sites excluding steroid dienone is 2. The quantitative estimate of drug-likeness (QED) is 0.746. The normalized spacial score (nSPS) is 20.4. The largest absolute Gasteiger partial charge is 0.294 e. The van der Waals surface area contributed by atoms with Crippen LogP contribution >= 0.6 is 11.6 Å². The van der Waals surface area contributed by atoms with Crippen LogP contribution in [0.2, 0.25) is 5.02 Å². The second kappa shape index (κ2) is 6.69. The third kappa shape index (κ3) is 2.84. The molecule has 3 nitrogen and oxygen atoms in total. The maximum atomic E-state index is 13.3. The highest BCUT2D eigenvalue weighted by atomic mass is 35.5. The van der Waals surface area contributed by atoms with Crippen LogP contribution in [0.1, 0.15) is 37.2 Å². The molecule has 1 amide bonds. The molecule has 0 aromatic heterocycles. The molecule has 0 bridgehead atoms. The average Bonchev–Trinajstić information content (AvgIpc) is 2.63. The Morgan fingerprint density at radius 3 is 2.46 bits per heavy atom. The van der Waals surface area contributed by atoms with E-state index in [0.29, 0.717) is 35.5 Å². The number of ketones is 1. The molecule has 0 spiro atoms. The summed E-state index contributed by atoms with van der Waals surface area (Å²) in [6.07, 6.45) is 2.00. The lowest BCUT2D eigenvalue weighted by molar-refractivity contribution is -0.119. The zero-order chi connectivity index (χ0) is 18.3. The van der Waals surface area contributed by atoms with Crippen LogP contribution in [0.4, 0.5) is 10.1 Å². The van der Waals surface area contributed by atoms with Crippen molar-refractivity contribution in [2.45, 2.75) is 31.6 Å². The molecular formula is C21H17ClFNO2. The van der Waals surface area contributed by atoms with Gasteiger partial charge in [0.25, 0.3) is 0 Å². The van der Waals surface area contributed by atoms with Crippen LogP contribution in [0.3, 0.4) is 0 Å². The Balaban J connectivity index is 1.87. The van der Waals surface area contributed by atoms with E-state index in [2.05, 4.69) is 0 Å². The van der Waals surface area contributed by atoms with Crippen LogP contribution < -0.4 is 4.90 Å². The van der Waals surface area contributed by atoms with Gasteiger partial charge in [-0.25, -0.2) is 4.39 Å². The molecule has 0 fully saturated rings. The number of nitrogens with zero attached hydrogens (tertiary/aromatic N) is 1. The van der Waals surface area contributed by atoms with Crippen molar-refractivity contribution in [1.29, 1.82) is 0 Å². The minimum atomic E-state index is -0.360. The molecule has 1 heterocycles. The Labute approximate surface area is 156 Å². The molecule has 1 atom stereocenters. The molecule has 2 aromatic rings. The van der Waals surface area contributed by atoms with Crippen LogP contribution in [-0.2, 0) is 9.59 Å². The first-order valence-electron chi connectivity index (χ1n) is 8.65. The first-order chi connectivity index (χ1) is 12.6. The highest BCUT2D eigenvalue weighted by Gasteiger charge is 2.40. The molecule has 4 rings (SSSR count). The lowest BCUT2D eigenvalue weighted by Crippen LogP contribution is -2.40. The molecule has 0 saturated carbocycles. The summed E-state index contributed by atoms with van der Waals surface area (Å²) < 4.78 is 13.3. The number of carbonyl (C=O) groups is 2. The van der Waals surface area contributed by atoms with E-state index in [1.54, 1.807) is 23.1 Å². The van der Waals surface area contributed by atoms with E-state index in [0.717, 1.165) is 11.3 Å². The predicted octanol–water partition coefficient (Wildman–Crippen LogP) is 5.01. The van der Waals surface area contributed by atoms with Gasteiger partial charge >= 0.3 is 0 Å². The van der Waals surface area contributed by atoms with Crippen molar-refractivity contribution in [3.63, 3.8) is 0 Å². The van der Waals surface area contributed by atoms with E-state index in [4.69, 9.17) is 11.6 Å². The molecule has 0 N–H and O–H groups in total. The highest BCUT2D eigenvalue weighted by molar-refractivity contribution is 6.31. The van der Waals surface area contributed by atoms with E-state index >= 15 is 0 Å². The first-order valence-corrected chi connectivity index (χ1v) is 9.03. The van der Waals surface area contributed by atoms with Gasteiger partial charge in [0.1, 0.15) is 5.82 Å². The summed E-state index contributed by atoms with van der Waals surface area (Å²) >= 11 is 6.35. The summed E-state index contributed by atoms with van der Waals surface area (Å²) in [7, 11) is 0. The Kier molecular flexibility index (Phi) is 4.37. The molecule has 0 saturated heterocycles. The van der Waals surface area contributed by atoms with Gasteiger partial charge in [0.15, 0.2) is 5.78 Å². The molecule has 1 aliphatic carbocycles. The van der Waals surface area contributed by atoms with Crippen molar-refractivity contribution in [1.82, 2.24) is 0 Å². The Morgan fingerprint density at radius 2 is 1.73 bits per heavy atom. The number of hydrogen-bond acceptors (Lipinski definition) is 2. The van der Waals surface area contributed by atoms with Gasteiger partial charge in [0, 0.05) is 40.7 Å². The third-order valence-electron chi connectivity index (χ3n) is 5.04. The van der Waals surface area contributed by atoms with E-state index in [9.17, 15) is 14.0 Å². The van der Waals surface area contributed by atoms with Crippen molar-refractivity contribution in [2.24, 2.45) is 0 Å². The van der Waals surface area contributed by atoms with Gasteiger partial charge in [-0.15, -0.1) is 0 Å². The van der Waals surface area contributed by atoms with Crippen molar-refractivity contribution >= 4 is 29.0 Å². The summed E-state index contributed by atoms with van der Waals surface area (Å²) in [5, 5.41) is 0.561. The van der Waals surface area contributed by atoms with Crippen molar-refractivity contribution < 1.29 is 14.0 Å². The molecule has 2 aromatic carbocycles. The third-order valence-corrected chi connectivity index (χ3v) is 5.38. The van der Waals surface area contributed by atoms with Gasteiger partial charge in [0.2, 0.25) is 5.91 Å². The van der Waals surface area contributed by atoms with Gasteiger partial charge < -0.3 is 0 Å². The standard InChI is InChI=1S/C21H17ClFNO2/c22-17-5-2-1-4-15(17)16-12-20(26)24(14-10-8-13(23)9-11-14)18-6-3-7-19(25)21(16)18/h1-2,4-5,8-11,16H,3,6-7,12H2/t16-/m1/s1. The monoisotopic (exact) mass is 369 g/mol. The summed E-state index contributed by atoms with van der Waals surface area (Å²) in [5.74, 6) is -0.720. The zero-order valence-corrected chi connectivity index (χ0v) is 14.8. The van der Waals surface area contributed by atoms with Crippen LogP contribution in [0, 0.1) is 5.82 Å². The summed E-state index contributed by atoms with van der Waals surface area (Å²) in [6.45, 7) is 0. The van der Waals surface area contributed by atoms with E-state index < -0.39 is 0 Å².